The summed E-state index contributed by atoms with van der Waals surface area (Å²) < 4.78 is 43.2. The zero-order chi connectivity index (χ0) is 33.1. The minimum Gasteiger partial charge on any atom is -0.461 e. The van der Waals surface area contributed by atoms with E-state index < -0.39 is 11.6 Å². The van der Waals surface area contributed by atoms with Crippen LogP contribution in [0.25, 0.3) is 32.9 Å². The SMILES string of the molecule is C#Cc1c(F)ccc2cc(N)cc(-c3ncc4c(NCCNC(COC)CC(C)C)nc(OCC56CCCN5CCC6)nc4c3F)c12. The molecule has 1 atom stereocenters. The minimum atomic E-state index is -0.700. The van der Waals surface area contributed by atoms with Crippen LogP contribution in [0.3, 0.4) is 0 Å². The molecule has 11 heteroatoms. The second kappa shape index (κ2) is 13.9. The first-order valence-corrected chi connectivity index (χ1v) is 16.4. The number of terminal acetylenes is 1. The molecular formula is C36H43F2N7O2. The van der Waals surface area contributed by atoms with E-state index in [1.54, 1.807) is 25.3 Å². The summed E-state index contributed by atoms with van der Waals surface area (Å²) in [7, 11) is 1.70. The fourth-order valence-electron chi connectivity index (χ4n) is 7.31. The molecule has 0 bridgehead atoms. The highest BCUT2D eigenvalue weighted by atomic mass is 19.1. The lowest BCUT2D eigenvalue weighted by molar-refractivity contribution is 0.108. The maximum atomic E-state index is 16.7. The van der Waals surface area contributed by atoms with Gasteiger partial charge >= 0.3 is 6.01 Å². The Balaban J connectivity index is 1.38. The Morgan fingerprint density at radius 3 is 2.64 bits per heavy atom. The average Bonchev–Trinajstić information content (AvgIpc) is 3.63. The topological polar surface area (TPSA) is 110 Å². The van der Waals surface area contributed by atoms with Crippen molar-refractivity contribution < 1.29 is 18.3 Å². The van der Waals surface area contributed by atoms with Crippen LogP contribution in [0.15, 0.2) is 30.5 Å². The minimum absolute atomic E-state index is 0.0153. The van der Waals surface area contributed by atoms with Crippen molar-refractivity contribution in [2.45, 2.75) is 57.5 Å². The molecule has 0 aliphatic carbocycles. The van der Waals surface area contributed by atoms with Gasteiger partial charge < -0.3 is 25.8 Å². The Kier molecular flexibility index (Phi) is 9.73. The highest BCUT2D eigenvalue weighted by molar-refractivity contribution is 6.03. The first kappa shape index (κ1) is 32.8. The van der Waals surface area contributed by atoms with Crippen LogP contribution < -0.4 is 21.1 Å². The molecule has 2 aromatic heterocycles. The predicted molar refractivity (Wildman–Crippen MR) is 182 cm³/mol. The number of nitrogens with two attached hydrogens (primary N) is 1. The molecule has 2 aliphatic rings. The zero-order valence-electron chi connectivity index (χ0n) is 27.3. The van der Waals surface area contributed by atoms with E-state index in [2.05, 4.69) is 45.3 Å². The van der Waals surface area contributed by atoms with Crippen LogP contribution in [0.5, 0.6) is 6.01 Å². The Morgan fingerprint density at radius 1 is 1.13 bits per heavy atom. The lowest BCUT2D eigenvalue weighted by atomic mass is 9.95. The number of ether oxygens (including phenoxy) is 2. The number of hydrogen-bond donors (Lipinski definition) is 3. The van der Waals surface area contributed by atoms with E-state index in [-0.39, 0.29) is 39.9 Å². The molecule has 47 heavy (non-hydrogen) atoms. The normalized spacial score (nSPS) is 16.5. The number of fused-ring (bicyclic) bond motifs is 3. The van der Waals surface area contributed by atoms with Gasteiger partial charge in [0.15, 0.2) is 5.82 Å². The van der Waals surface area contributed by atoms with Crippen molar-refractivity contribution in [1.82, 2.24) is 25.2 Å². The summed E-state index contributed by atoms with van der Waals surface area (Å²) in [6.07, 6.45) is 12.6. The third kappa shape index (κ3) is 6.68. The Labute approximate surface area is 274 Å². The number of nitrogen functional groups attached to an aromatic ring is 1. The van der Waals surface area contributed by atoms with Gasteiger partial charge in [-0.05, 0) is 74.7 Å². The quantitative estimate of drug-likeness (QED) is 0.0952. The number of nitrogens with one attached hydrogen (secondary N) is 2. The van der Waals surface area contributed by atoms with E-state index in [1.165, 1.54) is 12.3 Å². The van der Waals surface area contributed by atoms with Crippen molar-refractivity contribution in [1.29, 1.82) is 0 Å². The number of anilines is 2. The number of benzene rings is 2. The summed E-state index contributed by atoms with van der Waals surface area (Å²) in [5, 5.41) is 8.22. The molecule has 2 aromatic carbocycles. The van der Waals surface area contributed by atoms with Gasteiger partial charge in [-0.2, -0.15) is 9.97 Å². The molecule has 6 rings (SSSR count). The molecule has 4 N–H and O–H groups in total. The summed E-state index contributed by atoms with van der Waals surface area (Å²) >= 11 is 0. The molecule has 0 radical (unpaired) electrons. The maximum absolute atomic E-state index is 16.7. The monoisotopic (exact) mass is 643 g/mol. The Bertz CT molecular complexity index is 1800. The number of methoxy groups -OCH3 is 1. The van der Waals surface area contributed by atoms with E-state index in [1.807, 2.05) is 0 Å². The average molecular weight is 644 g/mol. The van der Waals surface area contributed by atoms with Gasteiger partial charge in [0.1, 0.15) is 29.5 Å². The van der Waals surface area contributed by atoms with E-state index >= 15 is 4.39 Å². The number of nitrogens with zero attached hydrogens (tertiary/aromatic N) is 4. The van der Waals surface area contributed by atoms with Crippen LogP contribution in [-0.4, -0.2) is 77.9 Å². The van der Waals surface area contributed by atoms with Crippen LogP contribution in [0, 0.1) is 29.9 Å². The third-order valence-corrected chi connectivity index (χ3v) is 9.41. The van der Waals surface area contributed by atoms with Gasteiger partial charge in [-0.15, -0.1) is 6.42 Å². The Hall–Kier alpha value is -4.11. The molecule has 1 unspecified atom stereocenters. The smallest absolute Gasteiger partial charge is 0.319 e. The van der Waals surface area contributed by atoms with Gasteiger partial charge in [-0.1, -0.05) is 25.8 Å². The molecule has 4 aromatic rings. The zero-order valence-corrected chi connectivity index (χ0v) is 27.3. The highest BCUT2D eigenvalue weighted by Crippen LogP contribution is 2.40. The van der Waals surface area contributed by atoms with E-state index in [4.69, 9.17) is 26.6 Å². The van der Waals surface area contributed by atoms with E-state index in [0.717, 1.165) is 45.2 Å². The van der Waals surface area contributed by atoms with Gasteiger partial charge in [0.25, 0.3) is 0 Å². The first-order valence-electron chi connectivity index (χ1n) is 16.4. The van der Waals surface area contributed by atoms with Crippen molar-refractivity contribution in [3.63, 3.8) is 0 Å². The van der Waals surface area contributed by atoms with E-state index in [0.29, 0.717) is 59.9 Å². The molecule has 2 aliphatic heterocycles. The summed E-state index contributed by atoms with van der Waals surface area (Å²) in [5.74, 6) is 2.07. The summed E-state index contributed by atoms with van der Waals surface area (Å²) in [5.41, 5.74) is 6.83. The number of halogens is 2. The summed E-state index contributed by atoms with van der Waals surface area (Å²) in [6.45, 7) is 8.64. The molecule has 2 fully saturated rings. The second-order valence-electron chi connectivity index (χ2n) is 13.1. The molecule has 2 saturated heterocycles. The van der Waals surface area contributed by atoms with Gasteiger partial charge in [-0.25, -0.2) is 8.78 Å². The van der Waals surface area contributed by atoms with Crippen LogP contribution in [0.2, 0.25) is 0 Å². The largest absolute Gasteiger partial charge is 0.461 e. The van der Waals surface area contributed by atoms with Crippen molar-refractivity contribution in [3.05, 3.63) is 47.7 Å². The molecule has 0 spiro atoms. The van der Waals surface area contributed by atoms with Crippen molar-refractivity contribution in [2.24, 2.45) is 5.92 Å². The third-order valence-electron chi connectivity index (χ3n) is 9.41. The molecule has 0 saturated carbocycles. The van der Waals surface area contributed by atoms with Crippen molar-refractivity contribution >= 4 is 33.2 Å². The standard InChI is InChI=1S/C36H43F2N7O2/c1-5-26-29(37)9-8-23-17-24(39)18-27(30(23)26)32-31(38)33-28(19-42-32)34(41-13-12-40-25(20-46-4)16-22(2)3)44-35(43-33)47-21-36-10-6-14-45(36)15-7-11-36/h1,8-9,17-19,22,25,40H,6-7,10-16,20-21,39H2,2-4H3,(H,41,43,44). The van der Waals surface area contributed by atoms with Crippen molar-refractivity contribution in [3.8, 4) is 29.6 Å². The molecule has 9 nitrogen and oxygen atoms in total. The number of pyridine rings is 1. The molecule has 248 valence electrons. The van der Waals surface area contributed by atoms with E-state index in [9.17, 15) is 4.39 Å². The van der Waals surface area contributed by atoms with Crippen LogP contribution in [0.1, 0.15) is 51.5 Å². The first-order chi connectivity index (χ1) is 22.7. The predicted octanol–water partition coefficient (Wildman–Crippen LogP) is 5.76. The van der Waals surface area contributed by atoms with Gasteiger partial charge in [0.05, 0.1) is 23.1 Å². The molecule has 0 amide bonds. The van der Waals surface area contributed by atoms with Crippen LogP contribution in [-0.2, 0) is 4.74 Å². The maximum Gasteiger partial charge on any atom is 0.319 e. The fraction of sp³-hybridized carbons (Fsp3) is 0.472. The molecule has 4 heterocycles. The number of rotatable bonds is 13. The van der Waals surface area contributed by atoms with Crippen LogP contribution >= 0.6 is 0 Å². The second-order valence-corrected chi connectivity index (χ2v) is 13.1. The lowest BCUT2D eigenvalue weighted by Crippen LogP contribution is -2.43. The fourth-order valence-corrected chi connectivity index (χ4v) is 7.31. The van der Waals surface area contributed by atoms with Crippen molar-refractivity contribution in [2.75, 3.05) is 57.6 Å². The number of hydrogen-bond acceptors (Lipinski definition) is 9. The molecular weight excluding hydrogens is 600 g/mol. The van der Waals surface area contributed by atoms with Gasteiger partial charge in [-0.3, -0.25) is 9.88 Å². The summed E-state index contributed by atoms with van der Waals surface area (Å²) in [6, 6.07) is 6.38. The lowest BCUT2D eigenvalue weighted by Gasteiger charge is -2.31. The Morgan fingerprint density at radius 2 is 1.91 bits per heavy atom. The van der Waals surface area contributed by atoms with Crippen LogP contribution in [0.4, 0.5) is 20.3 Å². The number of aromatic nitrogens is 3. The van der Waals surface area contributed by atoms with Gasteiger partial charge in [0, 0.05) is 49.1 Å². The summed E-state index contributed by atoms with van der Waals surface area (Å²) in [4.78, 5) is 16.3. The van der Waals surface area contributed by atoms with Gasteiger partial charge in [0.2, 0.25) is 0 Å². The highest BCUT2D eigenvalue weighted by Gasteiger charge is 2.45.